The molecule has 1 aliphatic carbocycles. The standard InChI is InChI=1S/C24H32N2O5/c1-23(2,3)31-22(28)26-11-9-24(16-25,10-12-26)20-8-6-5-7-17(20)15-30-19-13-18(14-19)21(27)29-4/h5-8,18-19H,9-15H2,1-4H3/t18-,19-. The summed E-state index contributed by atoms with van der Waals surface area (Å²) in [4.78, 5) is 25.6. The Hall–Kier alpha value is -2.59. The largest absolute Gasteiger partial charge is 0.469 e. The van der Waals surface area contributed by atoms with E-state index in [4.69, 9.17) is 14.2 Å². The molecule has 7 nitrogen and oxygen atoms in total. The van der Waals surface area contributed by atoms with Crippen molar-refractivity contribution >= 4 is 12.1 Å². The second-order valence-corrected chi connectivity index (χ2v) is 9.44. The van der Waals surface area contributed by atoms with Gasteiger partial charge in [-0.15, -0.1) is 0 Å². The first-order valence-electron chi connectivity index (χ1n) is 10.8. The van der Waals surface area contributed by atoms with Crippen LogP contribution in [0.4, 0.5) is 4.79 Å². The van der Waals surface area contributed by atoms with Crippen molar-refractivity contribution in [1.82, 2.24) is 4.90 Å². The SMILES string of the molecule is COC(=O)[C@H]1C[C@H](OCc2ccccc2C2(C#N)CCN(C(=O)OC(C)(C)C)CC2)C1. The van der Waals surface area contributed by atoms with Gasteiger partial charge in [-0.05, 0) is 57.6 Å². The number of esters is 1. The highest BCUT2D eigenvalue weighted by molar-refractivity contribution is 5.73. The molecule has 0 bridgehead atoms. The lowest BCUT2D eigenvalue weighted by atomic mass is 9.72. The number of ether oxygens (including phenoxy) is 3. The van der Waals surface area contributed by atoms with Crippen LogP contribution in [0.1, 0.15) is 57.6 Å². The van der Waals surface area contributed by atoms with Gasteiger partial charge in [0.25, 0.3) is 0 Å². The van der Waals surface area contributed by atoms with E-state index in [9.17, 15) is 14.9 Å². The average Bonchev–Trinajstić information content (AvgIpc) is 2.71. The van der Waals surface area contributed by atoms with Gasteiger partial charge in [-0.3, -0.25) is 4.79 Å². The topological polar surface area (TPSA) is 88.9 Å². The molecule has 2 aliphatic rings. The van der Waals surface area contributed by atoms with Crippen LogP contribution in [-0.2, 0) is 31.0 Å². The summed E-state index contributed by atoms with van der Waals surface area (Å²) in [7, 11) is 1.40. The van der Waals surface area contributed by atoms with E-state index in [0.717, 1.165) is 11.1 Å². The number of rotatable bonds is 5. The highest BCUT2D eigenvalue weighted by atomic mass is 16.6. The van der Waals surface area contributed by atoms with Crippen molar-refractivity contribution in [3.05, 3.63) is 35.4 Å². The maximum atomic E-state index is 12.4. The van der Waals surface area contributed by atoms with Crippen LogP contribution in [0.2, 0.25) is 0 Å². The summed E-state index contributed by atoms with van der Waals surface area (Å²) in [5, 5.41) is 10.1. The zero-order valence-corrected chi connectivity index (χ0v) is 18.8. The molecule has 0 radical (unpaired) electrons. The Labute approximate surface area is 184 Å². The Morgan fingerprint density at radius 2 is 1.84 bits per heavy atom. The molecule has 1 saturated heterocycles. The fourth-order valence-electron chi connectivity index (χ4n) is 4.22. The summed E-state index contributed by atoms with van der Waals surface area (Å²) in [5.41, 5.74) is 0.743. The van der Waals surface area contributed by atoms with E-state index < -0.39 is 11.0 Å². The predicted octanol–water partition coefficient (Wildman–Crippen LogP) is 3.95. The van der Waals surface area contributed by atoms with Crippen molar-refractivity contribution in [3.63, 3.8) is 0 Å². The number of hydrogen-bond donors (Lipinski definition) is 0. The number of nitrogens with zero attached hydrogens (tertiary/aromatic N) is 2. The van der Waals surface area contributed by atoms with E-state index in [1.807, 2.05) is 45.0 Å². The summed E-state index contributed by atoms with van der Waals surface area (Å²) in [6, 6.07) is 10.4. The van der Waals surface area contributed by atoms with Crippen LogP contribution in [0.3, 0.4) is 0 Å². The van der Waals surface area contributed by atoms with E-state index in [-0.39, 0.29) is 24.1 Å². The van der Waals surface area contributed by atoms with Crippen molar-refractivity contribution < 1.29 is 23.8 Å². The van der Waals surface area contributed by atoms with Crippen LogP contribution >= 0.6 is 0 Å². The van der Waals surface area contributed by atoms with Gasteiger partial charge in [-0.2, -0.15) is 5.26 Å². The minimum absolute atomic E-state index is 0.0317. The zero-order chi connectivity index (χ0) is 22.6. The van der Waals surface area contributed by atoms with E-state index in [0.29, 0.717) is 45.4 Å². The van der Waals surface area contributed by atoms with Gasteiger partial charge < -0.3 is 19.1 Å². The number of amides is 1. The van der Waals surface area contributed by atoms with Gasteiger partial charge in [-0.25, -0.2) is 4.79 Å². The third-order valence-corrected chi connectivity index (χ3v) is 6.12. The minimum atomic E-state index is -0.660. The molecule has 168 valence electrons. The molecule has 0 atom stereocenters. The number of benzene rings is 1. The quantitative estimate of drug-likeness (QED) is 0.660. The lowest BCUT2D eigenvalue weighted by molar-refractivity contribution is -0.155. The number of carbonyl (C=O) groups excluding carboxylic acids is 2. The second kappa shape index (κ2) is 9.27. The third kappa shape index (κ3) is 5.37. The lowest BCUT2D eigenvalue weighted by Gasteiger charge is -2.39. The Morgan fingerprint density at radius 1 is 1.19 bits per heavy atom. The third-order valence-electron chi connectivity index (χ3n) is 6.12. The maximum Gasteiger partial charge on any atom is 0.410 e. The van der Waals surface area contributed by atoms with Crippen LogP contribution in [0.25, 0.3) is 0 Å². The van der Waals surface area contributed by atoms with Crippen molar-refractivity contribution in [3.8, 4) is 6.07 Å². The Kier molecular flexibility index (Phi) is 6.90. The molecule has 3 rings (SSSR count). The fourth-order valence-corrected chi connectivity index (χ4v) is 4.22. The summed E-state index contributed by atoms with van der Waals surface area (Å²) in [6.45, 7) is 6.89. The first-order chi connectivity index (χ1) is 14.7. The molecule has 0 spiro atoms. The molecule has 1 aromatic rings. The predicted molar refractivity (Wildman–Crippen MR) is 114 cm³/mol. The molecule has 1 aliphatic heterocycles. The molecule has 2 fully saturated rings. The lowest BCUT2D eigenvalue weighted by Crippen LogP contribution is -2.46. The van der Waals surface area contributed by atoms with Crippen molar-refractivity contribution in [2.45, 2.75) is 70.2 Å². The molecule has 0 unspecified atom stereocenters. The van der Waals surface area contributed by atoms with Crippen LogP contribution in [0.15, 0.2) is 24.3 Å². The fraction of sp³-hybridized carbons (Fsp3) is 0.625. The smallest absolute Gasteiger partial charge is 0.410 e. The van der Waals surface area contributed by atoms with E-state index in [2.05, 4.69) is 6.07 Å². The molecule has 7 heteroatoms. The molecule has 1 saturated carbocycles. The number of nitriles is 1. The molecular formula is C24H32N2O5. The Balaban J connectivity index is 1.63. The highest BCUT2D eigenvalue weighted by Gasteiger charge is 2.40. The molecule has 1 heterocycles. The van der Waals surface area contributed by atoms with Crippen molar-refractivity contribution in [1.29, 1.82) is 5.26 Å². The first-order valence-corrected chi connectivity index (χ1v) is 10.8. The summed E-state index contributed by atoms with van der Waals surface area (Å²) in [6.07, 6.45) is 2.14. The second-order valence-electron chi connectivity index (χ2n) is 9.44. The number of piperidine rings is 1. The van der Waals surface area contributed by atoms with Crippen molar-refractivity contribution in [2.75, 3.05) is 20.2 Å². The number of hydrogen-bond acceptors (Lipinski definition) is 6. The summed E-state index contributed by atoms with van der Waals surface area (Å²) < 4.78 is 16.3. The van der Waals surface area contributed by atoms with Gasteiger partial charge in [0.15, 0.2) is 0 Å². The molecule has 0 aromatic heterocycles. The molecule has 1 amide bonds. The number of carbonyl (C=O) groups is 2. The van der Waals surface area contributed by atoms with Crippen LogP contribution in [0.5, 0.6) is 0 Å². The van der Waals surface area contributed by atoms with Gasteiger partial charge in [0, 0.05) is 13.1 Å². The van der Waals surface area contributed by atoms with E-state index in [1.54, 1.807) is 4.90 Å². The van der Waals surface area contributed by atoms with Gasteiger partial charge in [0.1, 0.15) is 5.60 Å². The highest BCUT2D eigenvalue weighted by Crippen LogP contribution is 2.38. The average molecular weight is 429 g/mol. The van der Waals surface area contributed by atoms with Crippen LogP contribution in [0, 0.1) is 17.2 Å². The molecule has 0 N–H and O–H groups in total. The van der Waals surface area contributed by atoms with Gasteiger partial charge in [0.2, 0.25) is 0 Å². The normalized spacial score (nSPS) is 22.7. The number of methoxy groups -OCH3 is 1. The number of likely N-dealkylation sites (tertiary alicyclic amines) is 1. The summed E-state index contributed by atoms with van der Waals surface area (Å²) >= 11 is 0. The Morgan fingerprint density at radius 3 is 2.42 bits per heavy atom. The molecular weight excluding hydrogens is 396 g/mol. The molecule has 1 aromatic carbocycles. The first kappa shape index (κ1) is 23.1. The van der Waals surface area contributed by atoms with Gasteiger partial charge in [-0.1, -0.05) is 24.3 Å². The van der Waals surface area contributed by atoms with Crippen LogP contribution in [-0.4, -0.2) is 48.9 Å². The summed E-state index contributed by atoms with van der Waals surface area (Å²) in [5.74, 6) is -0.256. The zero-order valence-electron chi connectivity index (χ0n) is 18.8. The van der Waals surface area contributed by atoms with Crippen molar-refractivity contribution in [2.24, 2.45) is 5.92 Å². The van der Waals surface area contributed by atoms with E-state index >= 15 is 0 Å². The monoisotopic (exact) mass is 428 g/mol. The van der Waals surface area contributed by atoms with E-state index in [1.165, 1.54) is 7.11 Å². The molecule has 31 heavy (non-hydrogen) atoms. The Bertz CT molecular complexity index is 840. The minimum Gasteiger partial charge on any atom is -0.469 e. The van der Waals surface area contributed by atoms with Crippen LogP contribution < -0.4 is 0 Å². The van der Waals surface area contributed by atoms with Gasteiger partial charge >= 0.3 is 12.1 Å². The maximum absolute atomic E-state index is 12.4. The van der Waals surface area contributed by atoms with Gasteiger partial charge in [0.05, 0.1) is 37.2 Å².